The minimum atomic E-state index is -3.84. The van der Waals surface area contributed by atoms with Crippen LogP contribution in [0.25, 0.3) is 44.3 Å². The van der Waals surface area contributed by atoms with Gasteiger partial charge < -0.3 is 76.3 Å². The molecule has 1 amide bonds. The smallest absolute Gasteiger partial charge is 0.252 e. The van der Waals surface area contributed by atoms with E-state index in [1.807, 2.05) is 42.5 Å². The fraction of sp³-hybridized carbons (Fsp3) is 0.465. The summed E-state index contributed by atoms with van der Waals surface area (Å²) in [5.74, 6) is 0.788. The highest BCUT2D eigenvalue weighted by Crippen LogP contribution is 2.37. The number of hydrogen-bond donors (Lipinski definition) is 15. The predicted octanol–water partition coefficient (Wildman–Crippen LogP) is 0.476. The van der Waals surface area contributed by atoms with E-state index in [9.17, 15) is 70.9 Å². The molecule has 112 heavy (non-hydrogen) atoms. The molecule has 41 heteroatoms. The van der Waals surface area contributed by atoms with E-state index in [-0.39, 0.29) is 70.8 Å². The van der Waals surface area contributed by atoms with Crippen LogP contribution in [-0.2, 0) is 81.0 Å². The number of sulfonamides is 3. The maximum absolute atomic E-state index is 12.9. The van der Waals surface area contributed by atoms with Crippen LogP contribution in [0.1, 0.15) is 93.7 Å². The van der Waals surface area contributed by atoms with Crippen molar-refractivity contribution in [1.82, 2.24) is 82.9 Å². The molecule has 14 rings (SSSR count). The Morgan fingerprint density at radius 1 is 0.545 bits per heavy atom. The van der Waals surface area contributed by atoms with Crippen molar-refractivity contribution in [3.8, 4) is 0 Å². The van der Waals surface area contributed by atoms with Crippen molar-refractivity contribution in [3.63, 3.8) is 0 Å². The fourth-order valence-electron chi connectivity index (χ4n) is 13.8. The van der Waals surface area contributed by atoms with Gasteiger partial charge in [-0.15, -0.1) is 0 Å². The molecule has 15 N–H and O–H groups in total. The molecule has 0 bridgehead atoms. The molecule has 10 aromatic rings. The summed E-state index contributed by atoms with van der Waals surface area (Å²) in [7, 11) is -7.82. The zero-order valence-corrected chi connectivity index (χ0v) is 64.2. The number of carbonyl (C=O) groups is 1. The molecule has 0 radical (unpaired) electrons. The summed E-state index contributed by atoms with van der Waals surface area (Å²) >= 11 is 0. The Kier molecular flexibility index (Phi) is 26.4. The van der Waals surface area contributed by atoms with Crippen molar-refractivity contribution in [3.05, 3.63) is 151 Å². The van der Waals surface area contributed by atoms with Crippen LogP contribution in [-0.4, -0.2) is 249 Å². The number of aliphatic hydroxyl groups is 8. The van der Waals surface area contributed by atoms with Crippen LogP contribution in [0, 0.1) is 0 Å². The first-order valence-electron chi connectivity index (χ1n) is 36.3. The molecule has 6 aromatic heterocycles. The lowest BCUT2D eigenvalue weighted by atomic mass is 10.0. The lowest BCUT2D eigenvalue weighted by Gasteiger charge is -2.32. The lowest BCUT2D eigenvalue weighted by Crippen LogP contribution is -2.43. The average molecular weight is 1610 g/mol. The van der Waals surface area contributed by atoms with Crippen molar-refractivity contribution >= 4 is 97.7 Å². The summed E-state index contributed by atoms with van der Waals surface area (Å²) in [4.78, 5) is 54.3. The van der Waals surface area contributed by atoms with Gasteiger partial charge in [0.15, 0.2) is 75.7 Å². The largest absolute Gasteiger partial charge is 0.394 e. The molecule has 9 heterocycles. The monoisotopic (exact) mass is 1610 g/mol. The second kappa shape index (κ2) is 35.9. The molecule has 0 spiro atoms. The molecule has 602 valence electrons. The predicted molar refractivity (Wildman–Crippen MR) is 408 cm³/mol. The topological polar surface area (TPSA) is 527 Å². The van der Waals surface area contributed by atoms with E-state index >= 15 is 0 Å². The Morgan fingerprint density at radius 2 is 1.01 bits per heavy atom. The molecule has 0 unspecified atom stereocenters. The standard InChI is InChI=1S/C28H28N6O6S.C22H37N7O6S.C21H27N7O6S/c35-15-21-24(36)25(37)28(40-21)34-16-30-23-26(29-13-18-9-6-8-17-7-4-5-12-20(17)18)32-22(33-27(23)34)14-31-41(38,39)19-10-2-1-3-11-19;1-13(2)28(14-6-4-5-7-14)8-9-36(33,34)25-10-16-26-20(23-3)17-21(27-16)29(12-24-17)22-19(32)18(31)15(11-30)35-22;1-3-23-20(31)17-15(29)16(30)21(34-17)28-11-24-14-18(22-2)26-13(27-19(14)28)9-25-35(32,33)10-12-7-5-4-6-8-12/h1-12,16,21,24-25,28,31,35-37H,13-15H2,(H,29,32,33);12-15,18-19,22,25,30-32H,4-11H2,1-3H3,(H,23,26,27);4-8,11,15-17,21,25,29-30H,3,9-10H2,1-2H3,(H,23,31)(H,22,26,27)/t21-,24-,25-,28-;15-,18-,19-,22-;15-,16+,17-,21+/m110/s1. The van der Waals surface area contributed by atoms with Crippen molar-refractivity contribution in [1.29, 1.82) is 0 Å². The molecule has 4 aromatic carbocycles. The second-order valence-corrected chi connectivity index (χ2v) is 32.8. The lowest BCUT2D eigenvalue weighted by molar-refractivity contribution is -0.137. The molecule has 4 aliphatic rings. The van der Waals surface area contributed by atoms with Crippen molar-refractivity contribution < 1.29 is 85.1 Å². The molecule has 3 aliphatic heterocycles. The Labute approximate surface area is 644 Å². The third-order valence-electron chi connectivity index (χ3n) is 19.6. The van der Waals surface area contributed by atoms with Crippen LogP contribution in [0.4, 0.5) is 17.5 Å². The van der Waals surface area contributed by atoms with E-state index < -0.39 is 123 Å². The number of aromatic nitrogens is 12. The quantitative estimate of drug-likeness (QED) is 0.0303. The Balaban J connectivity index is 0.000000157. The van der Waals surface area contributed by atoms with E-state index in [4.69, 9.17) is 14.2 Å². The van der Waals surface area contributed by atoms with Gasteiger partial charge in [-0.25, -0.2) is 84.3 Å². The first-order chi connectivity index (χ1) is 53.7. The minimum absolute atomic E-state index is 0.0245. The van der Waals surface area contributed by atoms with E-state index in [2.05, 4.69) is 99.0 Å². The van der Waals surface area contributed by atoms with Gasteiger partial charge >= 0.3 is 0 Å². The summed E-state index contributed by atoms with van der Waals surface area (Å²) in [6, 6.07) is 31.4. The van der Waals surface area contributed by atoms with E-state index in [0.29, 0.717) is 70.9 Å². The molecule has 12 atom stereocenters. The molecule has 3 saturated heterocycles. The zero-order valence-electron chi connectivity index (χ0n) is 61.7. The van der Waals surface area contributed by atoms with Crippen LogP contribution in [0.3, 0.4) is 0 Å². The number of imidazole rings is 3. The maximum Gasteiger partial charge on any atom is 0.252 e. The van der Waals surface area contributed by atoms with Gasteiger partial charge in [0.1, 0.15) is 66.3 Å². The fourth-order valence-corrected chi connectivity index (χ4v) is 16.8. The van der Waals surface area contributed by atoms with Gasteiger partial charge in [0, 0.05) is 45.8 Å². The Bertz CT molecular complexity index is 5240. The van der Waals surface area contributed by atoms with E-state index in [1.54, 1.807) is 69.6 Å². The second-order valence-electron chi connectivity index (χ2n) is 27.3. The summed E-state index contributed by atoms with van der Waals surface area (Å²) in [5.41, 5.74) is 3.53. The van der Waals surface area contributed by atoms with Gasteiger partial charge in [-0.05, 0) is 67.6 Å². The summed E-state index contributed by atoms with van der Waals surface area (Å²) < 4.78 is 105. The molecular weight excluding hydrogens is 1520 g/mol. The van der Waals surface area contributed by atoms with E-state index in [1.165, 1.54) is 57.7 Å². The number of rotatable bonds is 29. The number of fused-ring (bicyclic) bond motifs is 4. The average Bonchev–Trinajstić information content (AvgIpc) is 1.62. The van der Waals surface area contributed by atoms with Gasteiger partial charge in [0.25, 0.3) is 5.91 Å². The highest BCUT2D eigenvalue weighted by molar-refractivity contribution is 7.89. The highest BCUT2D eigenvalue weighted by Gasteiger charge is 2.49. The zero-order chi connectivity index (χ0) is 79.8. The number of amides is 1. The number of hydrogen-bond acceptors (Lipinski definition) is 31. The third kappa shape index (κ3) is 18.6. The number of likely N-dealkylation sites (N-methyl/N-ethyl adjacent to an activating group) is 1. The maximum atomic E-state index is 12.9. The number of nitrogens with one attached hydrogen (secondary N) is 7. The SMILES string of the molecule is CCNC(=O)[C@H]1O[C@@H](n2cnc3c(NC)nc(CNS(=O)(=O)Cc4ccccc4)nc32)[C@H](O)[C@@H]1O.CNc1nc(CNS(=O)(=O)CCN(C(C)C)C2CCCC2)nc2c1ncn2[C@@H]1O[C@H](CO)[C@@H](O)[C@H]1O.O=S(=O)(NCc1nc(NCc2cccc3ccccc23)c2ncn([C@@H]3O[C@H](CO)[C@@H](O)[C@H]3O)c2n1)c1ccccc1. The van der Waals surface area contributed by atoms with Crippen molar-refractivity contribution in [2.45, 2.75) is 169 Å². The third-order valence-corrected chi connectivity index (χ3v) is 23.6. The molecule has 38 nitrogen and oxygen atoms in total. The highest BCUT2D eigenvalue weighted by atomic mass is 32.2. The number of carbonyl (C=O) groups excluding carboxylic acids is 1. The number of anilines is 3. The normalized spacial score (nSPS) is 22.9. The van der Waals surface area contributed by atoms with Crippen LogP contribution < -0.4 is 35.4 Å². The minimum Gasteiger partial charge on any atom is -0.394 e. The number of benzene rings is 4. The Morgan fingerprint density at radius 3 is 1.52 bits per heavy atom. The summed E-state index contributed by atoms with van der Waals surface area (Å²) in [6.07, 6.45) is -5.87. The van der Waals surface area contributed by atoms with Crippen LogP contribution >= 0.6 is 0 Å². The summed E-state index contributed by atoms with van der Waals surface area (Å²) in [6.45, 7) is 5.61. The van der Waals surface area contributed by atoms with Gasteiger partial charge in [-0.1, -0.05) is 104 Å². The van der Waals surface area contributed by atoms with Crippen LogP contribution in [0.15, 0.2) is 127 Å². The van der Waals surface area contributed by atoms with Gasteiger partial charge in [0.05, 0.1) is 68.2 Å². The van der Waals surface area contributed by atoms with Gasteiger partial charge in [0.2, 0.25) is 30.1 Å². The molecule has 1 aliphatic carbocycles. The number of aliphatic hydroxyl groups excluding tert-OH is 8. The van der Waals surface area contributed by atoms with Crippen molar-refractivity contribution in [2.24, 2.45) is 0 Å². The number of ether oxygens (including phenoxy) is 3. The number of nitrogens with zero attached hydrogens (tertiary/aromatic N) is 13. The van der Waals surface area contributed by atoms with E-state index in [0.717, 1.165) is 29.2 Å². The first kappa shape index (κ1) is 82.4. The van der Waals surface area contributed by atoms with Gasteiger partial charge in [-0.2, -0.15) is 0 Å². The van der Waals surface area contributed by atoms with Gasteiger partial charge in [-0.3, -0.25) is 23.4 Å². The molecule has 4 fully saturated rings. The Hall–Kier alpha value is -9.09. The molecule has 1 saturated carbocycles. The van der Waals surface area contributed by atoms with Crippen LogP contribution in [0.5, 0.6) is 0 Å². The summed E-state index contributed by atoms with van der Waals surface area (Å²) in [5, 5.41) is 95.2. The van der Waals surface area contributed by atoms with Crippen molar-refractivity contribution in [2.75, 3.05) is 62.1 Å². The first-order valence-corrected chi connectivity index (χ1v) is 41.1. The molecular formula is C71H92N20O18S3. The van der Waals surface area contributed by atoms with Crippen LogP contribution in [0.2, 0.25) is 0 Å².